The minimum absolute atomic E-state index is 0.278. The van der Waals surface area contributed by atoms with Crippen LogP contribution < -0.4 is 10.6 Å². The zero-order valence-electron chi connectivity index (χ0n) is 11.4. The first-order valence-electron chi connectivity index (χ1n) is 7.14. The molecular weight excluding hydrogens is 234 g/mol. The maximum absolute atomic E-state index is 6.27. The van der Waals surface area contributed by atoms with E-state index in [0.717, 1.165) is 18.9 Å². The number of anilines is 1. The van der Waals surface area contributed by atoms with E-state index in [-0.39, 0.29) is 6.04 Å². The van der Waals surface area contributed by atoms with Crippen molar-refractivity contribution in [2.24, 2.45) is 11.7 Å². The molecule has 3 nitrogen and oxygen atoms in total. The number of pyridine rings is 1. The van der Waals surface area contributed by atoms with Crippen molar-refractivity contribution in [1.29, 1.82) is 0 Å². The van der Waals surface area contributed by atoms with Crippen molar-refractivity contribution in [3.8, 4) is 0 Å². The molecule has 1 fully saturated rings. The van der Waals surface area contributed by atoms with Crippen molar-refractivity contribution in [3.63, 3.8) is 0 Å². The summed E-state index contributed by atoms with van der Waals surface area (Å²) in [6.07, 6.45) is 4.31. The van der Waals surface area contributed by atoms with Gasteiger partial charge in [-0.1, -0.05) is 37.6 Å². The molecule has 2 aromatic rings. The highest BCUT2D eigenvalue weighted by molar-refractivity contribution is 5.92. The molecule has 1 aromatic heterocycles. The molecule has 19 heavy (non-hydrogen) atoms. The lowest BCUT2D eigenvalue weighted by molar-refractivity contribution is 0.472. The predicted octanol–water partition coefficient (Wildman–Crippen LogP) is 2.80. The topological polar surface area (TPSA) is 42.2 Å². The molecule has 1 saturated heterocycles. The standard InChI is InChI=1S/C16H21N3/c1-2-5-13-10-19(11-15(13)17)16-14-7-4-3-6-12(14)8-9-18-16/h3-4,6-9,13,15H,2,5,10-11,17H2,1H3/t13-,15-/m0/s1. The van der Waals surface area contributed by atoms with Crippen LogP contribution in [-0.2, 0) is 0 Å². The second-order valence-electron chi connectivity index (χ2n) is 5.47. The summed E-state index contributed by atoms with van der Waals surface area (Å²) in [6, 6.07) is 10.8. The number of hydrogen-bond donors (Lipinski definition) is 1. The fourth-order valence-electron chi connectivity index (χ4n) is 3.10. The molecule has 1 aliphatic rings. The Morgan fingerprint density at radius 3 is 2.95 bits per heavy atom. The Labute approximate surface area is 114 Å². The third-order valence-electron chi connectivity index (χ3n) is 4.10. The third-order valence-corrected chi connectivity index (χ3v) is 4.10. The lowest BCUT2D eigenvalue weighted by Crippen LogP contribution is -2.29. The Balaban J connectivity index is 1.93. The van der Waals surface area contributed by atoms with Crippen molar-refractivity contribution in [2.45, 2.75) is 25.8 Å². The van der Waals surface area contributed by atoms with Gasteiger partial charge in [-0.2, -0.15) is 0 Å². The molecule has 0 unspecified atom stereocenters. The quantitative estimate of drug-likeness (QED) is 0.917. The molecule has 100 valence electrons. The van der Waals surface area contributed by atoms with Crippen LogP contribution in [-0.4, -0.2) is 24.1 Å². The number of benzene rings is 1. The summed E-state index contributed by atoms with van der Waals surface area (Å²) in [6.45, 7) is 4.19. The van der Waals surface area contributed by atoms with Crippen LogP contribution in [0.15, 0.2) is 36.5 Å². The number of aromatic nitrogens is 1. The van der Waals surface area contributed by atoms with E-state index in [9.17, 15) is 0 Å². The van der Waals surface area contributed by atoms with E-state index in [2.05, 4.69) is 47.1 Å². The molecule has 0 spiro atoms. The first kappa shape index (κ1) is 12.4. The minimum atomic E-state index is 0.278. The molecule has 1 aromatic carbocycles. The van der Waals surface area contributed by atoms with Gasteiger partial charge in [0.1, 0.15) is 5.82 Å². The summed E-state index contributed by atoms with van der Waals surface area (Å²) in [5, 5.41) is 2.48. The zero-order chi connectivity index (χ0) is 13.2. The van der Waals surface area contributed by atoms with Crippen LogP contribution in [0.3, 0.4) is 0 Å². The molecule has 0 aliphatic carbocycles. The minimum Gasteiger partial charge on any atom is -0.354 e. The lowest BCUT2D eigenvalue weighted by Gasteiger charge is -2.19. The third kappa shape index (κ3) is 2.30. The van der Waals surface area contributed by atoms with Gasteiger partial charge in [0.25, 0.3) is 0 Å². The van der Waals surface area contributed by atoms with Gasteiger partial charge >= 0.3 is 0 Å². The fraction of sp³-hybridized carbons (Fsp3) is 0.438. The zero-order valence-corrected chi connectivity index (χ0v) is 11.4. The van der Waals surface area contributed by atoms with Crippen LogP contribution in [0.25, 0.3) is 10.8 Å². The van der Waals surface area contributed by atoms with E-state index in [0.29, 0.717) is 5.92 Å². The van der Waals surface area contributed by atoms with Crippen molar-refractivity contribution < 1.29 is 0 Å². The average Bonchev–Trinajstić information content (AvgIpc) is 2.80. The van der Waals surface area contributed by atoms with Gasteiger partial charge in [0, 0.05) is 30.7 Å². The van der Waals surface area contributed by atoms with Gasteiger partial charge in [0.05, 0.1) is 0 Å². The molecular formula is C16H21N3. The monoisotopic (exact) mass is 255 g/mol. The second-order valence-corrected chi connectivity index (χ2v) is 5.47. The van der Waals surface area contributed by atoms with Gasteiger partial charge in [-0.15, -0.1) is 0 Å². The average molecular weight is 255 g/mol. The Kier molecular flexibility index (Phi) is 3.38. The van der Waals surface area contributed by atoms with Crippen LogP contribution in [0.1, 0.15) is 19.8 Å². The summed E-state index contributed by atoms with van der Waals surface area (Å²) in [7, 11) is 0. The highest BCUT2D eigenvalue weighted by Gasteiger charge is 2.30. The van der Waals surface area contributed by atoms with Gasteiger partial charge in [-0.05, 0) is 23.8 Å². The number of hydrogen-bond acceptors (Lipinski definition) is 3. The van der Waals surface area contributed by atoms with E-state index in [4.69, 9.17) is 5.73 Å². The Bertz CT molecular complexity index is 561. The lowest BCUT2D eigenvalue weighted by atomic mass is 9.99. The Morgan fingerprint density at radius 2 is 2.11 bits per heavy atom. The first-order chi connectivity index (χ1) is 9.29. The number of nitrogens with two attached hydrogens (primary N) is 1. The van der Waals surface area contributed by atoms with Gasteiger partial charge in [-0.3, -0.25) is 0 Å². The highest BCUT2D eigenvalue weighted by atomic mass is 15.2. The van der Waals surface area contributed by atoms with Gasteiger partial charge in [0.15, 0.2) is 0 Å². The van der Waals surface area contributed by atoms with Gasteiger partial charge < -0.3 is 10.6 Å². The van der Waals surface area contributed by atoms with Crippen LogP contribution in [0.5, 0.6) is 0 Å². The van der Waals surface area contributed by atoms with Crippen molar-refractivity contribution in [1.82, 2.24) is 4.98 Å². The van der Waals surface area contributed by atoms with E-state index in [1.165, 1.54) is 23.6 Å². The number of rotatable bonds is 3. The molecule has 2 atom stereocenters. The SMILES string of the molecule is CCC[C@H]1CN(c2nccc3ccccc23)C[C@@H]1N. The number of nitrogens with zero attached hydrogens (tertiary/aromatic N) is 2. The molecule has 0 amide bonds. The van der Waals surface area contributed by atoms with Crippen LogP contribution >= 0.6 is 0 Å². The van der Waals surface area contributed by atoms with Gasteiger partial charge in [0.2, 0.25) is 0 Å². The van der Waals surface area contributed by atoms with Crippen LogP contribution in [0, 0.1) is 5.92 Å². The van der Waals surface area contributed by atoms with Gasteiger partial charge in [-0.25, -0.2) is 4.98 Å². The molecule has 0 saturated carbocycles. The first-order valence-corrected chi connectivity index (χ1v) is 7.14. The van der Waals surface area contributed by atoms with E-state index < -0.39 is 0 Å². The molecule has 0 bridgehead atoms. The maximum Gasteiger partial charge on any atom is 0.136 e. The van der Waals surface area contributed by atoms with Crippen molar-refractivity contribution in [3.05, 3.63) is 36.5 Å². The van der Waals surface area contributed by atoms with Crippen LogP contribution in [0.4, 0.5) is 5.82 Å². The van der Waals surface area contributed by atoms with Crippen molar-refractivity contribution in [2.75, 3.05) is 18.0 Å². The summed E-state index contributed by atoms with van der Waals surface area (Å²) in [4.78, 5) is 6.94. The summed E-state index contributed by atoms with van der Waals surface area (Å²) in [5.41, 5.74) is 6.27. The summed E-state index contributed by atoms with van der Waals surface area (Å²) < 4.78 is 0. The molecule has 3 heteroatoms. The Hall–Kier alpha value is -1.61. The van der Waals surface area contributed by atoms with Crippen molar-refractivity contribution >= 4 is 16.6 Å². The fourth-order valence-corrected chi connectivity index (χ4v) is 3.10. The molecule has 3 rings (SSSR count). The maximum atomic E-state index is 6.27. The molecule has 2 N–H and O–H groups in total. The van der Waals surface area contributed by atoms with E-state index >= 15 is 0 Å². The Morgan fingerprint density at radius 1 is 1.26 bits per heavy atom. The molecule has 0 radical (unpaired) electrons. The van der Waals surface area contributed by atoms with E-state index in [1.54, 1.807) is 0 Å². The molecule has 2 heterocycles. The second kappa shape index (κ2) is 5.17. The smallest absolute Gasteiger partial charge is 0.136 e. The normalized spacial score (nSPS) is 23.2. The van der Waals surface area contributed by atoms with E-state index in [1.807, 2.05) is 6.20 Å². The predicted molar refractivity (Wildman–Crippen MR) is 80.3 cm³/mol. The summed E-state index contributed by atoms with van der Waals surface area (Å²) >= 11 is 0. The summed E-state index contributed by atoms with van der Waals surface area (Å²) in [5.74, 6) is 1.69. The largest absolute Gasteiger partial charge is 0.354 e. The van der Waals surface area contributed by atoms with Crippen LogP contribution in [0.2, 0.25) is 0 Å². The highest BCUT2D eigenvalue weighted by Crippen LogP contribution is 2.29. The number of fused-ring (bicyclic) bond motifs is 1. The molecule has 1 aliphatic heterocycles.